The normalized spacial score (nSPS) is 19.1. The number of rotatable bonds is 7. The van der Waals surface area contributed by atoms with Crippen molar-refractivity contribution < 1.29 is 19.2 Å². The number of fused-ring (bicyclic) bond motifs is 1. The molecule has 0 spiro atoms. The average molecular weight is 483 g/mol. The van der Waals surface area contributed by atoms with Gasteiger partial charge in [0.2, 0.25) is 0 Å². The van der Waals surface area contributed by atoms with Gasteiger partial charge in [-0.1, -0.05) is 27.7 Å². The van der Waals surface area contributed by atoms with Crippen molar-refractivity contribution in [3.8, 4) is 5.69 Å². The molecule has 1 saturated heterocycles. The van der Waals surface area contributed by atoms with E-state index in [1.165, 1.54) is 6.07 Å². The average Bonchev–Trinajstić information content (AvgIpc) is 3.39. The van der Waals surface area contributed by atoms with Crippen LogP contribution in [-0.2, 0) is 17.6 Å². The van der Waals surface area contributed by atoms with E-state index in [2.05, 4.69) is 13.8 Å². The summed E-state index contributed by atoms with van der Waals surface area (Å²) >= 11 is 0. The summed E-state index contributed by atoms with van der Waals surface area (Å²) in [7, 11) is 1.68. The Morgan fingerprint density at radius 1 is 1.34 bits per heavy atom. The van der Waals surface area contributed by atoms with Gasteiger partial charge in [-0.2, -0.15) is 5.10 Å². The number of carbonyl (C=O) groups excluding carboxylic acids is 2. The van der Waals surface area contributed by atoms with Crippen molar-refractivity contribution in [2.75, 3.05) is 20.2 Å². The van der Waals surface area contributed by atoms with Crippen molar-refractivity contribution in [3.05, 3.63) is 50.8 Å². The van der Waals surface area contributed by atoms with Crippen molar-refractivity contribution in [2.24, 2.45) is 11.3 Å². The van der Waals surface area contributed by atoms with E-state index >= 15 is 0 Å². The van der Waals surface area contributed by atoms with Gasteiger partial charge < -0.3 is 9.64 Å². The van der Waals surface area contributed by atoms with E-state index in [0.717, 1.165) is 12.8 Å². The van der Waals surface area contributed by atoms with Crippen LogP contribution in [0.1, 0.15) is 79.1 Å². The summed E-state index contributed by atoms with van der Waals surface area (Å²) in [6.07, 6.45) is 3.48. The second kappa shape index (κ2) is 9.53. The van der Waals surface area contributed by atoms with Crippen LogP contribution in [0.4, 0.5) is 5.69 Å². The van der Waals surface area contributed by atoms with E-state index in [1.54, 1.807) is 28.8 Å². The lowest BCUT2D eigenvalue weighted by molar-refractivity contribution is -0.384. The molecule has 0 radical (unpaired) electrons. The molecule has 35 heavy (non-hydrogen) atoms. The number of benzene rings is 1. The number of nitro benzene ring substituents is 1. The minimum absolute atomic E-state index is 0.00549. The van der Waals surface area contributed by atoms with Gasteiger partial charge >= 0.3 is 0 Å². The lowest BCUT2D eigenvalue weighted by Crippen LogP contribution is -2.34. The van der Waals surface area contributed by atoms with Gasteiger partial charge in [0, 0.05) is 38.2 Å². The third-order valence-electron chi connectivity index (χ3n) is 6.71. The molecule has 9 heteroatoms. The quantitative estimate of drug-likeness (QED) is 0.428. The number of carbonyl (C=O) groups is 2. The van der Waals surface area contributed by atoms with Crippen LogP contribution in [0.15, 0.2) is 18.2 Å². The number of likely N-dealkylation sites (N-methyl/N-ethyl adjacent to an activating group) is 1. The predicted molar refractivity (Wildman–Crippen MR) is 131 cm³/mol. The molecule has 0 saturated carbocycles. The maximum absolute atomic E-state index is 13.1. The Labute approximate surface area is 205 Å². The standard InChI is InChI=1S/C26H34N4O5/c1-16(2)11-19-24-22(13-26(3,4)14-23(24)31)29(27-19)20-9-8-17(12-21(20)30(33)34)25(32)28(5)15-18-7-6-10-35-18/h8-9,12,16,18H,6-7,10-11,13-15H2,1-5H3. The van der Waals surface area contributed by atoms with Gasteiger partial charge in [0.05, 0.1) is 28.0 Å². The molecule has 1 aromatic carbocycles. The molecule has 0 bridgehead atoms. The fourth-order valence-electron chi connectivity index (χ4n) is 5.14. The summed E-state index contributed by atoms with van der Waals surface area (Å²) < 4.78 is 7.18. The zero-order valence-electron chi connectivity index (χ0n) is 21.2. The van der Waals surface area contributed by atoms with Gasteiger partial charge in [0.15, 0.2) is 5.78 Å². The van der Waals surface area contributed by atoms with Crippen LogP contribution in [0.5, 0.6) is 0 Å². The van der Waals surface area contributed by atoms with Gasteiger partial charge in [-0.05, 0) is 49.1 Å². The Morgan fingerprint density at radius 2 is 2.09 bits per heavy atom. The highest BCUT2D eigenvalue weighted by Gasteiger charge is 2.38. The van der Waals surface area contributed by atoms with E-state index in [4.69, 9.17) is 9.84 Å². The monoisotopic (exact) mass is 482 g/mol. The first-order valence-corrected chi connectivity index (χ1v) is 12.3. The highest BCUT2D eigenvalue weighted by molar-refractivity contribution is 6.00. The third kappa shape index (κ3) is 5.15. The van der Waals surface area contributed by atoms with Gasteiger partial charge in [-0.15, -0.1) is 0 Å². The maximum atomic E-state index is 13.1. The molecule has 9 nitrogen and oxygen atoms in total. The Balaban J connectivity index is 1.75. The lowest BCUT2D eigenvalue weighted by atomic mass is 9.75. The van der Waals surface area contributed by atoms with Crippen LogP contribution >= 0.6 is 0 Å². The van der Waals surface area contributed by atoms with Crippen molar-refractivity contribution >= 4 is 17.4 Å². The number of hydrogen-bond donors (Lipinski definition) is 0. The maximum Gasteiger partial charge on any atom is 0.295 e. The van der Waals surface area contributed by atoms with Gasteiger partial charge in [-0.3, -0.25) is 19.7 Å². The number of hydrogen-bond acceptors (Lipinski definition) is 6. The van der Waals surface area contributed by atoms with Crippen molar-refractivity contribution in [1.82, 2.24) is 14.7 Å². The summed E-state index contributed by atoms with van der Waals surface area (Å²) in [5.41, 5.74) is 2.02. The fraction of sp³-hybridized carbons (Fsp3) is 0.577. The molecule has 1 aromatic heterocycles. The van der Waals surface area contributed by atoms with Crippen LogP contribution in [-0.4, -0.2) is 57.6 Å². The van der Waals surface area contributed by atoms with Gasteiger partial charge in [0.25, 0.3) is 11.6 Å². The molecule has 188 valence electrons. The molecule has 2 heterocycles. The lowest BCUT2D eigenvalue weighted by Gasteiger charge is -2.29. The Bertz CT molecular complexity index is 1160. The zero-order chi connectivity index (χ0) is 25.5. The van der Waals surface area contributed by atoms with Crippen molar-refractivity contribution in [2.45, 2.75) is 65.9 Å². The highest BCUT2D eigenvalue weighted by Crippen LogP contribution is 2.39. The number of ether oxygens (including phenoxy) is 1. The molecular formula is C26H34N4O5. The summed E-state index contributed by atoms with van der Waals surface area (Å²) in [5.74, 6) is 0.0114. The number of Topliss-reactive ketones (excluding diaryl/α,β-unsaturated/α-hetero) is 1. The van der Waals surface area contributed by atoms with Crippen LogP contribution < -0.4 is 0 Å². The van der Waals surface area contributed by atoms with E-state index in [-0.39, 0.29) is 46.1 Å². The molecule has 1 amide bonds. The molecule has 1 unspecified atom stereocenters. The number of nitrogens with zero attached hydrogens (tertiary/aromatic N) is 4. The summed E-state index contributed by atoms with van der Waals surface area (Å²) in [6, 6.07) is 4.49. The van der Waals surface area contributed by atoms with Crippen LogP contribution in [0.3, 0.4) is 0 Å². The van der Waals surface area contributed by atoms with Crippen molar-refractivity contribution in [1.29, 1.82) is 0 Å². The SMILES string of the molecule is CC(C)Cc1nn(-c2ccc(C(=O)N(C)CC3CCCO3)cc2[N+](=O)[O-])c2c1C(=O)CC(C)(C)C2. The topological polar surface area (TPSA) is 108 Å². The van der Waals surface area contributed by atoms with E-state index < -0.39 is 4.92 Å². The third-order valence-corrected chi connectivity index (χ3v) is 6.71. The largest absolute Gasteiger partial charge is 0.376 e. The van der Waals surface area contributed by atoms with Gasteiger partial charge in [-0.25, -0.2) is 4.68 Å². The first-order valence-electron chi connectivity index (χ1n) is 12.3. The molecule has 1 fully saturated rings. The smallest absolute Gasteiger partial charge is 0.295 e. The van der Waals surface area contributed by atoms with Gasteiger partial charge in [0.1, 0.15) is 5.69 Å². The Kier molecular flexibility index (Phi) is 6.81. The summed E-state index contributed by atoms with van der Waals surface area (Å²) in [5, 5.41) is 16.8. The second-order valence-corrected chi connectivity index (χ2v) is 11.0. The minimum atomic E-state index is -0.488. The Morgan fingerprint density at radius 3 is 2.71 bits per heavy atom. The molecule has 2 aromatic rings. The first-order chi connectivity index (χ1) is 16.5. The minimum Gasteiger partial charge on any atom is -0.376 e. The van der Waals surface area contributed by atoms with E-state index in [0.29, 0.717) is 49.4 Å². The van der Waals surface area contributed by atoms with Crippen molar-refractivity contribution in [3.63, 3.8) is 0 Å². The molecule has 1 aliphatic heterocycles. The first kappa shape index (κ1) is 25.0. The Hall–Kier alpha value is -3.07. The second-order valence-electron chi connectivity index (χ2n) is 11.0. The summed E-state index contributed by atoms with van der Waals surface area (Å²) in [6.45, 7) is 9.29. The van der Waals surface area contributed by atoms with E-state index in [9.17, 15) is 19.7 Å². The molecule has 4 rings (SSSR count). The molecule has 2 aliphatic rings. The molecule has 0 N–H and O–H groups in total. The van der Waals surface area contributed by atoms with E-state index in [1.807, 2.05) is 13.8 Å². The number of ketones is 1. The molecule has 1 atom stereocenters. The highest BCUT2D eigenvalue weighted by atomic mass is 16.6. The molecular weight excluding hydrogens is 448 g/mol. The number of nitro groups is 1. The summed E-state index contributed by atoms with van der Waals surface area (Å²) in [4.78, 5) is 39.3. The fourth-order valence-corrected chi connectivity index (χ4v) is 5.14. The zero-order valence-corrected chi connectivity index (χ0v) is 21.2. The number of aromatic nitrogens is 2. The number of amides is 1. The van der Waals surface area contributed by atoms with Crippen LogP contribution in [0, 0.1) is 21.4 Å². The molecule has 1 aliphatic carbocycles. The van der Waals surface area contributed by atoms with Crippen LogP contribution in [0.2, 0.25) is 0 Å². The predicted octanol–water partition coefficient (Wildman–Crippen LogP) is 4.39. The van der Waals surface area contributed by atoms with Crippen LogP contribution in [0.25, 0.3) is 5.69 Å².